The van der Waals surface area contributed by atoms with Crippen LogP contribution in [0, 0.1) is 11.8 Å². The van der Waals surface area contributed by atoms with Crippen molar-refractivity contribution in [3.8, 4) is 0 Å². The van der Waals surface area contributed by atoms with E-state index in [0.717, 1.165) is 16.0 Å². The number of Topliss-reactive ketones (excluding diaryl/α,β-unsaturated/α-hetero) is 1. The first-order valence-corrected chi connectivity index (χ1v) is 11.2. The van der Waals surface area contributed by atoms with Gasteiger partial charge in [0.05, 0.1) is 18.5 Å². The number of hydrogen-bond donors (Lipinski definition) is 1. The van der Waals surface area contributed by atoms with Gasteiger partial charge in [-0.1, -0.05) is 74.5 Å². The molecular formula is C26H30N2O5. The third-order valence-corrected chi connectivity index (χ3v) is 5.58. The molecule has 2 atom stereocenters. The van der Waals surface area contributed by atoms with Crippen molar-refractivity contribution in [1.29, 1.82) is 0 Å². The normalized spacial score (nSPS) is 16.7. The number of carbonyl (C=O) groups is 4. The van der Waals surface area contributed by atoms with Gasteiger partial charge in [-0.2, -0.15) is 0 Å². The Kier molecular flexibility index (Phi) is 8.35. The lowest BCUT2D eigenvalue weighted by Gasteiger charge is -2.22. The first-order chi connectivity index (χ1) is 15.8. The molecule has 2 aromatic carbocycles. The molecule has 1 fully saturated rings. The number of likely N-dealkylation sites (tertiary alicyclic amines) is 1. The Labute approximate surface area is 194 Å². The van der Waals surface area contributed by atoms with Crippen LogP contribution in [0.4, 0.5) is 4.79 Å². The molecule has 1 saturated heterocycles. The molecule has 0 aromatic heterocycles. The van der Waals surface area contributed by atoms with Gasteiger partial charge in [-0.3, -0.25) is 19.3 Å². The number of hydrogen-bond acceptors (Lipinski definition) is 5. The molecule has 174 valence electrons. The lowest BCUT2D eigenvalue weighted by atomic mass is 9.98. The van der Waals surface area contributed by atoms with Crippen molar-refractivity contribution < 1.29 is 23.9 Å². The Hall–Kier alpha value is -3.48. The van der Waals surface area contributed by atoms with Crippen molar-refractivity contribution >= 4 is 23.7 Å². The summed E-state index contributed by atoms with van der Waals surface area (Å²) in [4.78, 5) is 51.6. The molecule has 1 aliphatic heterocycles. The minimum Gasteiger partial charge on any atom is -0.445 e. The minimum atomic E-state index is -0.845. The molecule has 2 aromatic rings. The summed E-state index contributed by atoms with van der Waals surface area (Å²) in [5.41, 5.74) is 1.80. The maximum atomic E-state index is 13.0. The minimum absolute atomic E-state index is 0.0829. The first kappa shape index (κ1) is 24.2. The zero-order valence-electron chi connectivity index (χ0n) is 19.0. The zero-order chi connectivity index (χ0) is 23.8. The monoisotopic (exact) mass is 450 g/mol. The van der Waals surface area contributed by atoms with Gasteiger partial charge in [-0.05, 0) is 29.9 Å². The van der Waals surface area contributed by atoms with Gasteiger partial charge < -0.3 is 10.1 Å². The molecular weight excluding hydrogens is 420 g/mol. The maximum Gasteiger partial charge on any atom is 0.408 e. The van der Waals surface area contributed by atoms with Crippen LogP contribution in [-0.2, 0) is 32.1 Å². The van der Waals surface area contributed by atoms with E-state index in [1.165, 1.54) is 0 Å². The summed E-state index contributed by atoms with van der Waals surface area (Å²) in [5.74, 6) is -1.44. The molecule has 3 amide bonds. The van der Waals surface area contributed by atoms with Crippen LogP contribution < -0.4 is 5.32 Å². The van der Waals surface area contributed by atoms with Crippen LogP contribution in [-0.4, -0.2) is 41.2 Å². The Bertz CT molecular complexity index is 975. The predicted octanol–water partition coefficient (Wildman–Crippen LogP) is 3.51. The Balaban J connectivity index is 1.58. The number of carbonyl (C=O) groups excluding carboxylic acids is 4. The predicted molar refractivity (Wildman–Crippen MR) is 123 cm³/mol. The molecule has 33 heavy (non-hydrogen) atoms. The smallest absolute Gasteiger partial charge is 0.408 e. The summed E-state index contributed by atoms with van der Waals surface area (Å²) in [6.45, 7) is 3.59. The second-order valence-electron chi connectivity index (χ2n) is 8.76. The van der Waals surface area contributed by atoms with Crippen molar-refractivity contribution in [2.75, 3.05) is 6.54 Å². The Morgan fingerprint density at radius 3 is 2.21 bits per heavy atom. The second-order valence-corrected chi connectivity index (χ2v) is 8.76. The summed E-state index contributed by atoms with van der Waals surface area (Å²) >= 11 is 0. The van der Waals surface area contributed by atoms with Crippen LogP contribution in [0.25, 0.3) is 0 Å². The van der Waals surface area contributed by atoms with Crippen molar-refractivity contribution in [3.63, 3.8) is 0 Å². The Morgan fingerprint density at radius 2 is 1.61 bits per heavy atom. The molecule has 0 radical (unpaired) electrons. The number of benzene rings is 2. The number of ether oxygens (including phenoxy) is 1. The van der Waals surface area contributed by atoms with Crippen LogP contribution in [0.1, 0.15) is 37.8 Å². The highest BCUT2D eigenvalue weighted by Crippen LogP contribution is 2.24. The molecule has 0 spiro atoms. The molecule has 1 aliphatic rings. The standard InChI is InChI=1S/C26H30N2O5/c1-18(2)13-22(27-26(32)33-17-20-11-7-4-8-12-20)23(29)16-28-24(30)15-21(25(28)31)14-19-9-5-3-6-10-19/h3-12,18,21-22H,13-17H2,1-2H3,(H,27,32)/t21?,22-/m0/s1. The number of ketones is 1. The van der Waals surface area contributed by atoms with Crippen LogP contribution in [0.2, 0.25) is 0 Å². The summed E-state index contributed by atoms with van der Waals surface area (Å²) in [7, 11) is 0. The van der Waals surface area contributed by atoms with Crippen LogP contribution in [0.15, 0.2) is 60.7 Å². The maximum absolute atomic E-state index is 13.0. The van der Waals surface area contributed by atoms with E-state index in [1.54, 1.807) is 0 Å². The van der Waals surface area contributed by atoms with Gasteiger partial charge in [-0.15, -0.1) is 0 Å². The van der Waals surface area contributed by atoms with Gasteiger partial charge in [0.15, 0.2) is 5.78 Å². The van der Waals surface area contributed by atoms with Crippen LogP contribution >= 0.6 is 0 Å². The fraction of sp³-hybridized carbons (Fsp3) is 0.385. The van der Waals surface area contributed by atoms with Crippen molar-refractivity contribution in [1.82, 2.24) is 10.2 Å². The summed E-state index contributed by atoms with van der Waals surface area (Å²) < 4.78 is 5.24. The van der Waals surface area contributed by atoms with Gasteiger partial charge >= 0.3 is 6.09 Å². The Morgan fingerprint density at radius 1 is 1.00 bits per heavy atom. The van der Waals surface area contributed by atoms with Crippen molar-refractivity contribution in [3.05, 3.63) is 71.8 Å². The average molecular weight is 451 g/mol. The third-order valence-electron chi connectivity index (χ3n) is 5.58. The van der Waals surface area contributed by atoms with Gasteiger partial charge in [0.1, 0.15) is 6.61 Å². The molecule has 0 bridgehead atoms. The second kappa shape index (κ2) is 11.4. The van der Waals surface area contributed by atoms with Gasteiger partial charge in [-0.25, -0.2) is 4.79 Å². The first-order valence-electron chi connectivity index (χ1n) is 11.2. The number of amides is 3. The summed E-state index contributed by atoms with van der Waals surface area (Å²) in [6, 6.07) is 17.9. The van der Waals surface area contributed by atoms with Gasteiger partial charge in [0.2, 0.25) is 11.8 Å². The van der Waals surface area contributed by atoms with E-state index in [0.29, 0.717) is 12.8 Å². The topological polar surface area (TPSA) is 92.8 Å². The highest BCUT2D eigenvalue weighted by molar-refractivity contribution is 6.07. The van der Waals surface area contributed by atoms with E-state index >= 15 is 0 Å². The number of nitrogens with zero attached hydrogens (tertiary/aromatic N) is 1. The zero-order valence-corrected chi connectivity index (χ0v) is 19.0. The quantitative estimate of drug-likeness (QED) is 0.559. The number of rotatable bonds is 10. The molecule has 3 rings (SSSR count). The van der Waals surface area contributed by atoms with E-state index in [9.17, 15) is 19.2 Å². The third kappa shape index (κ3) is 7.00. The van der Waals surface area contributed by atoms with E-state index in [2.05, 4.69) is 5.32 Å². The van der Waals surface area contributed by atoms with Gasteiger partial charge in [0, 0.05) is 6.42 Å². The van der Waals surface area contributed by atoms with Crippen molar-refractivity contribution in [2.45, 2.75) is 45.8 Å². The van der Waals surface area contributed by atoms with Crippen LogP contribution in [0.3, 0.4) is 0 Å². The van der Waals surface area contributed by atoms with Crippen LogP contribution in [0.5, 0.6) is 0 Å². The average Bonchev–Trinajstić information content (AvgIpc) is 3.05. The lowest BCUT2D eigenvalue weighted by Crippen LogP contribution is -2.47. The largest absolute Gasteiger partial charge is 0.445 e. The SMILES string of the molecule is CC(C)C[C@H](NC(=O)OCc1ccccc1)C(=O)CN1C(=O)CC(Cc2ccccc2)C1=O. The molecule has 1 N–H and O–H groups in total. The molecule has 7 nitrogen and oxygen atoms in total. The molecule has 0 saturated carbocycles. The molecule has 7 heteroatoms. The highest BCUT2D eigenvalue weighted by atomic mass is 16.5. The van der Waals surface area contributed by atoms with Gasteiger partial charge in [0.25, 0.3) is 0 Å². The van der Waals surface area contributed by atoms with Crippen molar-refractivity contribution in [2.24, 2.45) is 11.8 Å². The lowest BCUT2D eigenvalue weighted by molar-refractivity contribution is -0.143. The van der Waals surface area contributed by atoms with E-state index in [4.69, 9.17) is 4.74 Å². The number of nitrogens with one attached hydrogen (secondary N) is 1. The molecule has 0 aliphatic carbocycles. The number of alkyl carbamates (subject to hydrolysis) is 1. The van der Waals surface area contributed by atoms with E-state index < -0.39 is 18.1 Å². The summed E-state index contributed by atoms with van der Waals surface area (Å²) in [5, 5.41) is 2.61. The fourth-order valence-electron chi connectivity index (χ4n) is 3.89. The number of imide groups is 1. The fourth-order valence-corrected chi connectivity index (χ4v) is 3.89. The molecule has 1 unspecified atom stereocenters. The summed E-state index contributed by atoms with van der Waals surface area (Å²) in [6.07, 6.45) is 0.208. The molecule has 1 heterocycles. The van der Waals surface area contributed by atoms with E-state index in [-0.39, 0.29) is 43.1 Å². The van der Waals surface area contributed by atoms with E-state index in [1.807, 2.05) is 74.5 Å². The highest BCUT2D eigenvalue weighted by Gasteiger charge is 2.40.